The van der Waals surface area contributed by atoms with Crippen molar-refractivity contribution in [1.82, 2.24) is 20.1 Å². The molecule has 8 nitrogen and oxygen atoms in total. The molecule has 152 valence electrons. The van der Waals surface area contributed by atoms with Gasteiger partial charge in [0.25, 0.3) is 5.56 Å². The number of rotatable bonds is 8. The highest BCUT2D eigenvalue weighted by atomic mass is 32.1. The number of nitrogens with one attached hydrogen (secondary N) is 2. The summed E-state index contributed by atoms with van der Waals surface area (Å²) in [5.74, 6) is -0.251. The molecule has 0 aliphatic carbocycles. The van der Waals surface area contributed by atoms with Gasteiger partial charge in [0, 0.05) is 18.2 Å². The number of anilines is 1. The summed E-state index contributed by atoms with van der Waals surface area (Å²) in [5.41, 5.74) is 2.03. The predicted octanol–water partition coefficient (Wildman–Crippen LogP) is 2.14. The van der Waals surface area contributed by atoms with E-state index in [1.807, 2.05) is 44.2 Å². The third kappa shape index (κ3) is 5.14. The number of carbonyl (C=O) groups is 1. The van der Waals surface area contributed by atoms with Crippen molar-refractivity contribution in [2.24, 2.45) is 0 Å². The van der Waals surface area contributed by atoms with Gasteiger partial charge in [-0.1, -0.05) is 41.7 Å². The highest BCUT2D eigenvalue weighted by Crippen LogP contribution is 2.37. The van der Waals surface area contributed by atoms with Crippen LogP contribution in [-0.4, -0.2) is 45.5 Å². The SMILES string of the molecule is CC(C)n1nc(-c2sc(NC(=O)CNCCO)nc2-c2ccccc2)ccc1=O. The summed E-state index contributed by atoms with van der Waals surface area (Å²) < 4.78 is 1.43. The van der Waals surface area contributed by atoms with Gasteiger partial charge < -0.3 is 15.7 Å². The van der Waals surface area contributed by atoms with Crippen molar-refractivity contribution in [1.29, 1.82) is 0 Å². The minimum Gasteiger partial charge on any atom is -0.395 e. The normalized spacial score (nSPS) is 11.0. The first kappa shape index (κ1) is 20.8. The van der Waals surface area contributed by atoms with Crippen LogP contribution in [-0.2, 0) is 4.79 Å². The Morgan fingerprint density at radius 3 is 2.66 bits per heavy atom. The van der Waals surface area contributed by atoms with Gasteiger partial charge in [-0.25, -0.2) is 9.67 Å². The molecular formula is C20H23N5O3S. The van der Waals surface area contributed by atoms with E-state index in [1.54, 1.807) is 6.07 Å². The van der Waals surface area contributed by atoms with Gasteiger partial charge >= 0.3 is 0 Å². The molecule has 0 fully saturated rings. The van der Waals surface area contributed by atoms with Gasteiger partial charge in [-0.2, -0.15) is 5.10 Å². The van der Waals surface area contributed by atoms with E-state index in [9.17, 15) is 9.59 Å². The summed E-state index contributed by atoms with van der Waals surface area (Å²) in [6, 6.07) is 12.7. The summed E-state index contributed by atoms with van der Waals surface area (Å²) >= 11 is 1.30. The lowest BCUT2D eigenvalue weighted by atomic mass is 10.1. The summed E-state index contributed by atoms with van der Waals surface area (Å²) in [6.07, 6.45) is 0. The number of aliphatic hydroxyl groups is 1. The van der Waals surface area contributed by atoms with Crippen LogP contribution in [0.2, 0.25) is 0 Å². The fourth-order valence-corrected chi connectivity index (χ4v) is 3.67. The molecule has 0 radical (unpaired) electrons. The molecule has 0 atom stereocenters. The van der Waals surface area contributed by atoms with Gasteiger partial charge in [-0.15, -0.1) is 0 Å². The first-order chi connectivity index (χ1) is 14.0. The Hall–Kier alpha value is -2.88. The van der Waals surface area contributed by atoms with Gasteiger partial charge in [0.1, 0.15) is 5.69 Å². The number of carbonyl (C=O) groups excluding carboxylic acids is 1. The summed E-state index contributed by atoms with van der Waals surface area (Å²) in [6.45, 7) is 4.17. The average Bonchev–Trinajstić information content (AvgIpc) is 3.12. The van der Waals surface area contributed by atoms with Crippen LogP contribution in [0.15, 0.2) is 47.3 Å². The lowest BCUT2D eigenvalue weighted by Crippen LogP contribution is -2.29. The second-order valence-corrected chi connectivity index (χ2v) is 7.61. The fourth-order valence-electron chi connectivity index (χ4n) is 2.70. The number of aliphatic hydroxyl groups excluding tert-OH is 1. The third-order valence-corrected chi connectivity index (χ3v) is 5.04. The van der Waals surface area contributed by atoms with Crippen LogP contribution >= 0.6 is 11.3 Å². The van der Waals surface area contributed by atoms with Crippen molar-refractivity contribution in [3.05, 3.63) is 52.8 Å². The zero-order valence-electron chi connectivity index (χ0n) is 16.3. The topological polar surface area (TPSA) is 109 Å². The van der Waals surface area contributed by atoms with Gasteiger partial charge in [0.15, 0.2) is 5.13 Å². The van der Waals surface area contributed by atoms with E-state index in [4.69, 9.17) is 5.11 Å². The number of hydrogen-bond acceptors (Lipinski definition) is 7. The van der Waals surface area contributed by atoms with E-state index in [0.717, 1.165) is 10.4 Å². The van der Waals surface area contributed by atoms with Gasteiger partial charge in [-0.05, 0) is 19.9 Å². The van der Waals surface area contributed by atoms with Crippen LogP contribution in [0, 0.1) is 0 Å². The molecule has 0 saturated carbocycles. The van der Waals surface area contributed by atoms with Gasteiger partial charge in [0.05, 0.1) is 29.8 Å². The van der Waals surface area contributed by atoms with E-state index < -0.39 is 0 Å². The van der Waals surface area contributed by atoms with E-state index >= 15 is 0 Å². The molecule has 1 amide bonds. The molecule has 0 saturated heterocycles. The second-order valence-electron chi connectivity index (χ2n) is 6.61. The Labute approximate surface area is 172 Å². The standard InChI is InChI=1S/C20H23N5O3S/c1-13(2)25-17(28)9-8-15(24-25)19-18(14-6-4-3-5-7-14)23-20(29-19)22-16(27)12-21-10-11-26/h3-9,13,21,26H,10-12H2,1-2H3,(H,22,23,27). The Balaban J connectivity index is 1.99. The molecule has 2 aromatic heterocycles. The van der Waals surface area contributed by atoms with Crippen LogP contribution in [0.5, 0.6) is 0 Å². The zero-order chi connectivity index (χ0) is 20.8. The van der Waals surface area contributed by atoms with Crippen molar-refractivity contribution in [2.45, 2.75) is 19.9 Å². The number of amides is 1. The molecule has 1 aromatic carbocycles. The molecule has 0 aliphatic rings. The highest BCUT2D eigenvalue weighted by Gasteiger charge is 2.18. The third-order valence-electron chi connectivity index (χ3n) is 4.04. The number of aromatic nitrogens is 3. The smallest absolute Gasteiger partial charge is 0.267 e. The Bertz CT molecular complexity index is 1030. The maximum absolute atomic E-state index is 12.1. The number of thiazole rings is 1. The molecule has 9 heteroatoms. The van der Waals surface area contributed by atoms with Crippen molar-refractivity contribution in [3.63, 3.8) is 0 Å². The average molecular weight is 414 g/mol. The Morgan fingerprint density at radius 2 is 1.97 bits per heavy atom. The predicted molar refractivity (Wildman–Crippen MR) is 114 cm³/mol. The number of benzene rings is 1. The van der Waals surface area contributed by atoms with E-state index in [1.165, 1.54) is 22.1 Å². The Morgan fingerprint density at radius 1 is 1.21 bits per heavy atom. The molecule has 3 aromatic rings. The lowest BCUT2D eigenvalue weighted by molar-refractivity contribution is -0.115. The highest BCUT2D eigenvalue weighted by molar-refractivity contribution is 7.19. The molecule has 0 bridgehead atoms. The molecule has 2 heterocycles. The van der Waals surface area contributed by atoms with Crippen LogP contribution in [0.1, 0.15) is 19.9 Å². The minimum atomic E-state index is -0.251. The van der Waals surface area contributed by atoms with Crippen LogP contribution in [0.3, 0.4) is 0 Å². The van der Waals surface area contributed by atoms with Crippen LogP contribution in [0.4, 0.5) is 5.13 Å². The number of hydrogen-bond donors (Lipinski definition) is 3. The van der Waals surface area contributed by atoms with Crippen molar-refractivity contribution < 1.29 is 9.90 Å². The summed E-state index contributed by atoms with van der Waals surface area (Å²) in [5, 5.41) is 19.4. The maximum atomic E-state index is 12.1. The Kier molecular flexibility index (Phi) is 6.86. The van der Waals surface area contributed by atoms with Crippen LogP contribution < -0.4 is 16.2 Å². The molecule has 0 aliphatic heterocycles. The quantitative estimate of drug-likeness (QED) is 0.488. The van der Waals surface area contributed by atoms with Crippen molar-refractivity contribution >= 4 is 22.4 Å². The first-order valence-corrected chi connectivity index (χ1v) is 10.1. The van der Waals surface area contributed by atoms with E-state index in [2.05, 4.69) is 20.7 Å². The van der Waals surface area contributed by atoms with E-state index in [-0.39, 0.29) is 30.7 Å². The van der Waals surface area contributed by atoms with Gasteiger partial charge in [0.2, 0.25) is 5.91 Å². The van der Waals surface area contributed by atoms with E-state index in [0.29, 0.717) is 23.1 Å². The second kappa shape index (κ2) is 9.55. The molecule has 0 unspecified atom stereocenters. The maximum Gasteiger partial charge on any atom is 0.267 e. The van der Waals surface area contributed by atoms with Crippen LogP contribution in [0.25, 0.3) is 21.8 Å². The summed E-state index contributed by atoms with van der Waals surface area (Å²) in [7, 11) is 0. The summed E-state index contributed by atoms with van der Waals surface area (Å²) in [4.78, 5) is 29.6. The van der Waals surface area contributed by atoms with Crippen molar-refractivity contribution in [2.75, 3.05) is 25.0 Å². The first-order valence-electron chi connectivity index (χ1n) is 9.27. The molecule has 29 heavy (non-hydrogen) atoms. The monoisotopic (exact) mass is 413 g/mol. The molecule has 3 rings (SSSR count). The van der Waals surface area contributed by atoms with Crippen molar-refractivity contribution in [3.8, 4) is 21.8 Å². The lowest BCUT2D eigenvalue weighted by Gasteiger charge is -2.09. The molecule has 3 N–H and O–H groups in total. The van der Waals surface area contributed by atoms with Gasteiger partial charge in [-0.3, -0.25) is 9.59 Å². The zero-order valence-corrected chi connectivity index (χ0v) is 17.1. The number of nitrogens with zero attached hydrogens (tertiary/aromatic N) is 3. The molecular weight excluding hydrogens is 390 g/mol. The minimum absolute atomic E-state index is 0.0376. The largest absolute Gasteiger partial charge is 0.395 e. The fraction of sp³-hybridized carbons (Fsp3) is 0.300. The molecule has 0 spiro atoms.